The van der Waals surface area contributed by atoms with E-state index < -0.39 is 5.97 Å². The van der Waals surface area contributed by atoms with Crippen LogP contribution in [0, 0.1) is 6.92 Å². The number of aryl methyl sites for hydroxylation is 1. The Kier molecular flexibility index (Phi) is 5.14. The molecule has 0 spiro atoms. The summed E-state index contributed by atoms with van der Waals surface area (Å²) in [5.41, 5.74) is 2.96. The molecular formula is C20H19NO4. The Hall–Kier alpha value is -3.08. The standard InChI is InChI=1S/C20H19NO4/c1-3-23-18-7-5-4-6-16(18)13-24-20(22)17-12-19(25-21-17)15-10-8-14(2)9-11-15/h4-12H,3,13H2,1-2H3. The van der Waals surface area contributed by atoms with Gasteiger partial charge in [0.1, 0.15) is 12.4 Å². The van der Waals surface area contributed by atoms with Gasteiger partial charge in [0, 0.05) is 17.2 Å². The molecule has 0 aliphatic rings. The number of para-hydroxylation sites is 1. The van der Waals surface area contributed by atoms with Gasteiger partial charge in [0.25, 0.3) is 0 Å². The second-order valence-corrected chi connectivity index (χ2v) is 5.56. The SMILES string of the molecule is CCOc1ccccc1COC(=O)c1cc(-c2ccc(C)cc2)on1. The second-order valence-electron chi connectivity index (χ2n) is 5.56. The number of aromatic nitrogens is 1. The van der Waals surface area contributed by atoms with E-state index in [4.69, 9.17) is 14.0 Å². The van der Waals surface area contributed by atoms with Crippen molar-refractivity contribution in [1.29, 1.82) is 0 Å². The van der Waals surface area contributed by atoms with E-state index in [1.54, 1.807) is 6.07 Å². The molecule has 0 unspecified atom stereocenters. The van der Waals surface area contributed by atoms with Gasteiger partial charge in [0.15, 0.2) is 11.5 Å². The average Bonchev–Trinajstić information content (AvgIpc) is 3.12. The molecule has 1 heterocycles. The van der Waals surface area contributed by atoms with E-state index in [0.29, 0.717) is 18.1 Å². The second kappa shape index (κ2) is 7.66. The minimum Gasteiger partial charge on any atom is -0.493 e. The lowest BCUT2D eigenvalue weighted by atomic mass is 10.1. The summed E-state index contributed by atoms with van der Waals surface area (Å²) in [5.74, 6) is 0.702. The summed E-state index contributed by atoms with van der Waals surface area (Å²) in [6, 6.07) is 16.8. The summed E-state index contributed by atoms with van der Waals surface area (Å²) in [4.78, 5) is 12.2. The summed E-state index contributed by atoms with van der Waals surface area (Å²) in [7, 11) is 0. The molecule has 128 valence electrons. The Balaban J connectivity index is 1.67. The summed E-state index contributed by atoms with van der Waals surface area (Å²) in [5, 5.41) is 3.81. The first-order valence-electron chi connectivity index (χ1n) is 8.09. The Morgan fingerprint density at radius 1 is 1.12 bits per heavy atom. The molecule has 25 heavy (non-hydrogen) atoms. The lowest BCUT2D eigenvalue weighted by Crippen LogP contribution is -2.06. The number of rotatable bonds is 6. The molecule has 5 nitrogen and oxygen atoms in total. The van der Waals surface area contributed by atoms with Gasteiger partial charge in [0.2, 0.25) is 0 Å². The Labute approximate surface area is 146 Å². The topological polar surface area (TPSA) is 61.6 Å². The highest BCUT2D eigenvalue weighted by Crippen LogP contribution is 2.22. The van der Waals surface area contributed by atoms with Crippen molar-refractivity contribution in [1.82, 2.24) is 5.16 Å². The summed E-state index contributed by atoms with van der Waals surface area (Å²) >= 11 is 0. The zero-order chi connectivity index (χ0) is 17.6. The maximum Gasteiger partial charge on any atom is 0.360 e. The number of esters is 1. The van der Waals surface area contributed by atoms with E-state index in [2.05, 4.69) is 5.16 Å². The normalized spacial score (nSPS) is 10.5. The molecule has 0 bridgehead atoms. The maximum atomic E-state index is 12.2. The molecule has 0 aliphatic carbocycles. The van der Waals surface area contributed by atoms with E-state index in [9.17, 15) is 4.79 Å². The van der Waals surface area contributed by atoms with Gasteiger partial charge in [-0.05, 0) is 19.9 Å². The van der Waals surface area contributed by atoms with Gasteiger partial charge in [-0.15, -0.1) is 0 Å². The molecule has 3 aromatic rings. The zero-order valence-corrected chi connectivity index (χ0v) is 14.2. The quantitative estimate of drug-likeness (QED) is 0.624. The molecule has 5 heteroatoms. The first-order valence-corrected chi connectivity index (χ1v) is 8.09. The minimum atomic E-state index is -0.534. The molecule has 0 aliphatic heterocycles. The van der Waals surface area contributed by atoms with Crippen molar-refractivity contribution >= 4 is 5.97 Å². The summed E-state index contributed by atoms with van der Waals surface area (Å²) in [6.07, 6.45) is 0. The zero-order valence-electron chi connectivity index (χ0n) is 14.2. The van der Waals surface area contributed by atoms with Crippen LogP contribution >= 0.6 is 0 Å². The Morgan fingerprint density at radius 2 is 1.88 bits per heavy atom. The highest BCUT2D eigenvalue weighted by atomic mass is 16.5. The van der Waals surface area contributed by atoms with Crippen molar-refractivity contribution in [3.63, 3.8) is 0 Å². The van der Waals surface area contributed by atoms with Crippen molar-refractivity contribution in [3.8, 4) is 17.1 Å². The van der Waals surface area contributed by atoms with Gasteiger partial charge in [0.05, 0.1) is 6.61 Å². The van der Waals surface area contributed by atoms with Crippen LogP contribution in [0.25, 0.3) is 11.3 Å². The van der Waals surface area contributed by atoms with Gasteiger partial charge in [-0.2, -0.15) is 0 Å². The fourth-order valence-electron chi connectivity index (χ4n) is 2.36. The molecule has 0 saturated heterocycles. The number of carbonyl (C=O) groups is 1. The highest BCUT2D eigenvalue weighted by molar-refractivity contribution is 5.88. The lowest BCUT2D eigenvalue weighted by molar-refractivity contribution is 0.0458. The van der Waals surface area contributed by atoms with Crippen molar-refractivity contribution in [2.45, 2.75) is 20.5 Å². The third kappa shape index (κ3) is 4.07. The minimum absolute atomic E-state index is 0.113. The van der Waals surface area contributed by atoms with Crippen LogP contribution in [0.15, 0.2) is 59.1 Å². The predicted octanol–water partition coefficient (Wildman–Crippen LogP) is 4.41. The molecule has 0 radical (unpaired) electrons. The van der Waals surface area contributed by atoms with Crippen LogP contribution in [0.3, 0.4) is 0 Å². The molecular weight excluding hydrogens is 318 g/mol. The smallest absolute Gasteiger partial charge is 0.360 e. The lowest BCUT2D eigenvalue weighted by Gasteiger charge is -2.09. The number of hydrogen-bond acceptors (Lipinski definition) is 5. The van der Waals surface area contributed by atoms with Crippen LogP contribution < -0.4 is 4.74 Å². The van der Waals surface area contributed by atoms with Gasteiger partial charge in [-0.3, -0.25) is 0 Å². The Bertz CT molecular complexity index is 852. The maximum absolute atomic E-state index is 12.2. The number of carbonyl (C=O) groups excluding carboxylic acids is 1. The van der Waals surface area contributed by atoms with E-state index in [0.717, 1.165) is 16.7 Å². The largest absolute Gasteiger partial charge is 0.493 e. The van der Waals surface area contributed by atoms with Crippen molar-refractivity contribution < 1.29 is 18.8 Å². The van der Waals surface area contributed by atoms with Crippen LogP contribution in [0.4, 0.5) is 0 Å². The van der Waals surface area contributed by atoms with E-state index in [1.807, 2.05) is 62.4 Å². The molecule has 1 aromatic heterocycles. The van der Waals surface area contributed by atoms with E-state index in [1.165, 1.54) is 0 Å². The number of ether oxygens (including phenoxy) is 2. The van der Waals surface area contributed by atoms with Crippen LogP contribution in [0.2, 0.25) is 0 Å². The van der Waals surface area contributed by atoms with Crippen LogP contribution in [0.5, 0.6) is 5.75 Å². The fraction of sp³-hybridized carbons (Fsp3) is 0.200. The van der Waals surface area contributed by atoms with Gasteiger partial charge < -0.3 is 14.0 Å². The number of benzene rings is 2. The molecule has 0 saturated carbocycles. The average molecular weight is 337 g/mol. The third-order valence-electron chi connectivity index (χ3n) is 3.69. The van der Waals surface area contributed by atoms with Crippen molar-refractivity contribution in [3.05, 3.63) is 71.4 Å². The molecule has 0 atom stereocenters. The van der Waals surface area contributed by atoms with E-state index in [-0.39, 0.29) is 12.3 Å². The molecule has 2 aromatic carbocycles. The Morgan fingerprint density at radius 3 is 2.64 bits per heavy atom. The highest BCUT2D eigenvalue weighted by Gasteiger charge is 2.16. The predicted molar refractivity (Wildman–Crippen MR) is 93.4 cm³/mol. The van der Waals surface area contributed by atoms with Crippen LogP contribution in [0.1, 0.15) is 28.5 Å². The third-order valence-corrected chi connectivity index (χ3v) is 3.69. The summed E-state index contributed by atoms with van der Waals surface area (Å²) < 4.78 is 16.1. The van der Waals surface area contributed by atoms with Gasteiger partial charge in [-0.1, -0.05) is 53.2 Å². The molecule has 0 N–H and O–H groups in total. The molecule has 3 rings (SSSR count). The van der Waals surface area contributed by atoms with Gasteiger partial charge >= 0.3 is 5.97 Å². The van der Waals surface area contributed by atoms with Crippen molar-refractivity contribution in [2.75, 3.05) is 6.61 Å². The summed E-state index contributed by atoms with van der Waals surface area (Å²) in [6.45, 7) is 4.58. The van der Waals surface area contributed by atoms with E-state index >= 15 is 0 Å². The fourth-order valence-corrected chi connectivity index (χ4v) is 2.36. The van der Waals surface area contributed by atoms with Gasteiger partial charge in [-0.25, -0.2) is 4.79 Å². The number of hydrogen-bond donors (Lipinski definition) is 0. The number of nitrogens with zero attached hydrogens (tertiary/aromatic N) is 1. The molecule has 0 fully saturated rings. The first-order chi connectivity index (χ1) is 12.2. The van der Waals surface area contributed by atoms with Crippen LogP contribution in [-0.4, -0.2) is 17.7 Å². The van der Waals surface area contributed by atoms with Crippen molar-refractivity contribution in [2.24, 2.45) is 0 Å². The van der Waals surface area contributed by atoms with Crippen LogP contribution in [-0.2, 0) is 11.3 Å². The molecule has 0 amide bonds. The first kappa shape index (κ1) is 16.8. The monoisotopic (exact) mass is 337 g/mol.